The van der Waals surface area contributed by atoms with Crippen molar-refractivity contribution in [1.82, 2.24) is 5.32 Å². The Morgan fingerprint density at radius 1 is 0.947 bits per heavy atom. The third-order valence-corrected chi connectivity index (χ3v) is 3.93. The Bertz CT molecular complexity index is 322. The molecule has 0 fully saturated rings. The summed E-state index contributed by atoms with van der Waals surface area (Å²) < 4.78 is 0. The minimum Gasteiger partial charge on any atom is -0.314 e. The van der Waals surface area contributed by atoms with Gasteiger partial charge in [0.2, 0.25) is 0 Å². The van der Waals surface area contributed by atoms with Crippen molar-refractivity contribution >= 4 is 0 Å². The second-order valence-electron chi connectivity index (χ2n) is 5.69. The molecule has 19 heavy (non-hydrogen) atoms. The van der Waals surface area contributed by atoms with Crippen molar-refractivity contribution in [1.29, 1.82) is 0 Å². The number of benzene rings is 1. The standard InChI is InChI=1S/C18H31N/c1-5-8-17(9-6-2)18(19-7-3)14-16-12-10-15(4)11-13-16/h10-13,17-19H,5-9,14H2,1-4H3. The van der Waals surface area contributed by atoms with E-state index in [0.29, 0.717) is 6.04 Å². The number of likely N-dealkylation sites (N-methyl/N-ethyl adjacent to an activating group) is 1. The normalized spacial score (nSPS) is 12.9. The number of hydrogen-bond acceptors (Lipinski definition) is 1. The first-order chi connectivity index (χ1) is 9.21. The van der Waals surface area contributed by atoms with Crippen LogP contribution in [0, 0.1) is 12.8 Å². The molecular weight excluding hydrogens is 230 g/mol. The number of aryl methyl sites for hydroxylation is 1. The molecule has 0 saturated heterocycles. The topological polar surface area (TPSA) is 12.0 Å². The molecule has 0 saturated carbocycles. The second kappa shape index (κ2) is 9.14. The molecule has 1 heteroatoms. The fourth-order valence-electron chi connectivity index (χ4n) is 2.93. The Labute approximate surface area is 119 Å². The van der Waals surface area contributed by atoms with E-state index in [-0.39, 0.29) is 0 Å². The Morgan fingerprint density at radius 3 is 2.00 bits per heavy atom. The van der Waals surface area contributed by atoms with Crippen molar-refractivity contribution in [2.24, 2.45) is 5.92 Å². The lowest BCUT2D eigenvalue weighted by molar-refractivity contribution is 0.312. The molecule has 0 aliphatic carbocycles. The largest absolute Gasteiger partial charge is 0.314 e. The van der Waals surface area contributed by atoms with Gasteiger partial charge in [0, 0.05) is 6.04 Å². The number of hydrogen-bond donors (Lipinski definition) is 1. The van der Waals surface area contributed by atoms with Crippen molar-refractivity contribution in [2.75, 3.05) is 6.54 Å². The minimum absolute atomic E-state index is 0.632. The summed E-state index contributed by atoms with van der Waals surface area (Å²) in [7, 11) is 0. The van der Waals surface area contributed by atoms with Gasteiger partial charge in [-0.25, -0.2) is 0 Å². The molecule has 1 rings (SSSR count). The molecule has 1 N–H and O–H groups in total. The Hall–Kier alpha value is -0.820. The molecule has 0 radical (unpaired) electrons. The summed E-state index contributed by atoms with van der Waals surface area (Å²) in [5.74, 6) is 0.816. The average Bonchev–Trinajstić information content (AvgIpc) is 2.40. The first-order valence-electron chi connectivity index (χ1n) is 8.00. The molecule has 0 bridgehead atoms. The van der Waals surface area contributed by atoms with Gasteiger partial charge in [-0.05, 0) is 44.2 Å². The molecule has 108 valence electrons. The van der Waals surface area contributed by atoms with Gasteiger partial charge in [0.05, 0.1) is 0 Å². The van der Waals surface area contributed by atoms with Gasteiger partial charge in [0.15, 0.2) is 0 Å². The van der Waals surface area contributed by atoms with Crippen LogP contribution in [0.1, 0.15) is 57.6 Å². The van der Waals surface area contributed by atoms with Gasteiger partial charge in [-0.15, -0.1) is 0 Å². The Kier molecular flexibility index (Phi) is 7.81. The van der Waals surface area contributed by atoms with E-state index in [2.05, 4.69) is 57.3 Å². The van der Waals surface area contributed by atoms with Crippen LogP contribution in [0.3, 0.4) is 0 Å². The lowest BCUT2D eigenvalue weighted by atomic mass is 9.86. The molecule has 0 heterocycles. The lowest BCUT2D eigenvalue weighted by Gasteiger charge is -2.28. The van der Waals surface area contributed by atoms with Crippen LogP contribution in [0.25, 0.3) is 0 Å². The fraction of sp³-hybridized carbons (Fsp3) is 0.667. The van der Waals surface area contributed by atoms with E-state index in [0.717, 1.165) is 12.5 Å². The maximum absolute atomic E-state index is 3.72. The second-order valence-corrected chi connectivity index (χ2v) is 5.69. The number of rotatable bonds is 9. The summed E-state index contributed by atoms with van der Waals surface area (Å²) in [4.78, 5) is 0. The highest BCUT2D eigenvalue weighted by molar-refractivity contribution is 5.22. The van der Waals surface area contributed by atoms with Crippen molar-refractivity contribution in [2.45, 2.75) is 65.8 Å². The molecule has 0 aliphatic rings. The van der Waals surface area contributed by atoms with Crippen molar-refractivity contribution in [3.05, 3.63) is 35.4 Å². The van der Waals surface area contributed by atoms with Crippen LogP contribution in [0.5, 0.6) is 0 Å². The van der Waals surface area contributed by atoms with Crippen LogP contribution < -0.4 is 5.32 Å². The van der Waals surface area contributed by atoms with Crippen LogP contribution >= 0.6 is 0 Å². The highest BCUT2D eigenvalue weighted by Gasteiger charge is 2.19. The zero-order chi connectivity index (χ0) is 14.1. The Morgan fingerprint density at radius 2 is 1.53 bits per heavy atom. The molecule has 1 nitrogen and oxygen atoms in total. The maximum atomic E-state index is 3.72. The highest BCUT2D eigenvalue weighted by Crippen LogP contribution is 2.21. The molecular formula is C18H31N. The van der Waals surface area contributed by atoms with Gasteiger partial charge in [-0.3, -0.25) is 0 Å². The van der Waals surface area contributed by atoms with Crippen LogP contribution in [0.2, 0.25) is 0 Å². The predicted molar refractivity (Wildman–Crippen MR) is 85.7 cm³/mol. The molecule has 0 spiro atoms. The smallest absolute Gasteiger partial charge is 0.0136 e. The molecule has 0 aromatic heterocycles. The first-order valence-corrected chi connectivity index (χ1v) is 8.00. The fourth-order valence-corrected chi connectivity index (χ4v) is 2.93. The van der Waals surface area contributed by atoms with Crippen molar-refractivity contribution in [3.63, 3.8) is 0 Å². The highest BCUT2D eigenvalue weighted by atomic mass is 14.9. The third kappa shape index (κ3) is 5.78. The first kappa shape index (κ1) is 16.2. The zero-order valence-electron chi connectivity index (χ0n) is 13.2. The Balaban J connectivity index is 2.71. The summed E-state index contributed by atoms with van der Waals surface area (Å²) in [6, 6.07) is 9.66. The molecule has 0 amide bonds. The lowest BCUT2D eigenvalue weighted by Crippen LogP contribution is -2.38. The van der Waals surface area contributed by atoms with E-state index < -0.39 is 0 Å². The van der Waals surface area contributed by atoms with Gasteiger partial charge < -0.3 is 5.32 Å². The van der Waals surface area contributed by atoms with Crippen molar-refractivity contribution in [3.8, 4) is 0 Å². The summed E-state index contributed by atoms with van der Waals surface area (Å²) in [5, 5.41) is 3.72. The third-order valence-electron chi connectivity index (χ3n) is 3.93. The van der Waals surface area contributed by atoms with E-state index >= 15 is 0 Å². The van der Waals surface area contributed by atoms with Gasteiger partial charge in [0.1, 0.15) is 0 Å². The van der Waals surface area contributed by atoms with Crippen LogP contribution in [0.4, 0.5) is 0 Å². The maximum Gasteiger partial charge on any atom is 0.0136 e. The SMILES string of the molecule is CCCC(CCC)C(Cc1ccc(C)cc1)NCC. The molecule has 1 atom stereocenters. The van der Waals surface area contributed by atoms with E-state index in [1.54, 1.807) is 0 Å². The minimum atomic E-state index is 0.632. The van der Waals surface area contributed by atoms with E-state index in [1.165, 1.54) is 43.2 Å². The van der Waals surface area contributed by atoms with Gasteiger partial charge in [-0.2, -0.15) is 0 Å². The monoisotopic (exact) mass is 261 g/mol. The molecule has 1 unspecified atom stereocenters. The van der Waals surface area contributed by atoms with Crippen LogP contribution in [-0.2, 0) is 6.42 Å². The summed E-state index contributed by atoms with van der Waals surface area (Å²) >= 11 is 0. The van der Waals surface area contributed by atoms with Crippen LogP contribution in [-0.4, -0.2) is 12.6 Å². The van der Waals surface area contributed by atoms with E-state index in [1.807, 2.05) is 0 Å². The molecule has 0 aliphatic heterocycles. The quantitative estimate of drug-likeness (QED) is 0.677. The van der Waals surface area contributed by atoms with Gasteiger partial charge in [0.25, 0.3) is 0 Å². The predicted octanol–water partition coefficient (Wildman–Crippen LogP) is 4.73. The van der Waals surface area contributed by atoms with Crippen molar-refractivity contribution < 1.29 is 0 Å². The zero-order valence-corrected chi connectivity index (χ0v) is 13.2. The van der Waals surface area contributed by atoms with Gasteiger partial charge >= 0.3 is 0 Å². The summed E-state index contributed by atoms with van der Waals surface area (Å²) in [6.45, 7) is 10.1. The van der Waals surface area contributed by atoms with Gasteiger partial charge in [-0.1, -0.05) is 63.4 Å². The van der Waals surface area contributed by atoms with Crippen LogP contribution in [0.15, 0.2) is 24.3 Å². The van der Waals surface area contributed by atoms with E-state index in [9.17, 15) is 0 Å². The van der Waals surface area contributed by atoms with E-state index in [4.69, 9.17) is 0 Å². The summed E-state index contributed by atoms with van der Waals surface area (Å²) in [6.07, 6.45) is 6.44. The molecule has 1 aromatic carbocycles. The number of nitrogens with one attached hydrogen (secondary N) is 1. The average molecular weight is 261 g/mol. The summed E-state index contributed by atoms with van der Waals surface area (Å²) in [5.41, 5.74) is 2.82. The molecule has 1 aromatic rings.